The van der Waals surface area contributed by atoms with Gasteiger partial charge in [-0.15, -0.1) is 0 Å². The van der Waals surface area contributed by atoms with Gasteiger partial charge in [-0.2, -0.15) is 0 Å². The van der Waals surface area contributed by atoms with Crippen LogP contribution in [-0.4, -0.2) is 19.9 Å². The minimum absolute atomic E-state index is 0.592. The van der Waals surface area contributed by atoms with E-state index in [2.05, 4.69) is 91.0 Å². The number of hydrogen-bond acceptors (Lipinski definition) is 6. The Morgan fingerprint density at radius 1 is 0.296 bits per heavy atom. The molecule has 4 heterocycles. The Balaban J connectivity index is 1.00. The van der Waals surface area contributed by atoms with E-state index < -0.39 is 0 Å². The molecule has 6 heteroatoms. The van der Waals surface area contributed by atoms with Crippen LogP contribution >= 0.6 is 0 Å². The van der Waals surface area contributed by atoms with E-state index in [1.807, 2.05) is 78.9 Å². The van der Waals surface area contributed by atoms with E-state index in [4.69, 9.17) is 28.8 Å². The highest BCUT2D eigenvalue weighted by molar-refractivity contribution is 6.20. The van der Waals surface area contributed by atoms with Crippen LogP contribution in [0.15, 0.2) is 179 Å². The largest absolute Gasteiger partial charge is 0.456 e. The van der Waals surface area contributed by atoms with Crippen LogP contribution < -0.4 is 0 Å². The zero-order chi connectivity index (χ0) is 35.6. The normalized spacial score (nSPS) is 11.7. The summed E-state index contributed by atoms with van der Waals surface area (Å²) in [5.74, 6) is 1.81. The van der Waals surface area contributed by atoms with Crippen LogP contribution in [0.4, 0.5) is 0 Å². The molecule has 0 fully saturated rings. The predicted octanol–water partition coefficient (Wildman–Crippen LogP) is 12.6. The van der Waals surface area contributed by atoms with Crippen LogP contribution in [0.25, 0.3) is 111 Å². The molecule has 4 aromatic heterocycles. The predicted molar refractivity (Wildman–Crippen MR) is 217 cm³/mol. The zero-order valence-corrected chi connectivity index (χ0v) is 28.8. The molecule has 252 valence electrons. The Bertz CT molecular complexity index is 3200. The van der Waals surface area contributed by atoms with Crippen molar-refractivity contribution in [2.45, 2.75) is 0 Å². The number of fused-ring (bicyclic) bond motifs is 8. The van der Waals surface area contributed by atoms with E-state index in [9.17, 15) is 0 Å². The summed E-state index contributed by atoms with van der Waals surface area (Å²) in [5.41, 5.74) is 9.96. The summed E-state index contributed by atoms with van der Waals surface area (Å²) >= 11 is 0. The van der Waals surface area contributed by atoms with E-state index in [1.165, 1.54) is 0 Å². The van der Waals surface area contributed by atoms with Crippen molar-refractivity contribution in [3.05, 3.63) is 170 Å². The van der Waals surface area contributed by atoms with Gasteiger partial charge in [-0.25, -0.2) is 19.9 Å². The van der Waals surface area contributed by atoms with Gasteiger partial charge in [-0.3, -0.25) is 0 Å². The summed E-state index contributed by atoms with van der Waals surface area (Å²) in [7, 11) is 0. The van der Waals surface area contributed by atoms with Crippen molar-refractivity contribution in [2.24, 2.45) is 0 Å². The topological polar surface area (TPSA) is 77.8 Å². The molecule has 6 nitrogen and oxygen atoms in total. The molecule has 0 N–H and O–H groups in total. The fourth-order valence-electron chi connectivity index (χ4n) is 7.60. The van der Waals surface area contributed by atoms with E-state index in [1.54, 1.807) is 0 Å². The van der Waals surface area contributed by atoms with Crippen molar-refractivity contribution in [1.82, 2.24) is 19.9 Å². The molecule has 7 aromatic carbocycles. The second-order valence-corrected chi connectivity index (χ2v) is 13.4. The van der Waals surface area contributed by atoms with Crippen molar-refractivity contribution < 1.29 is 8.83 Å². The quantitative estimate of drug-likeness (QED) is 0.179. The second kappa shape index (κ2) is 12.1. The Morgan fingerprint density at radius 3 is 1.44 bits per heavy atom. The molecule has 0 aliphatic rings. The van der Waals surface area contributed by atoms with Crippen LogP contribution in [0.2, 0.25) is 0 Å². The second-order valence-electron chi connectivity index (χ2n) is 13.4. The summed E-state index contributed by atoms with van der Waals surface area (Å²) in [4.78, 5) is 20.0. The van der Waals surface area contributed by atoms with Crippen molar-refractivity contribution in [2.75, 3.05) is 0 Å². The molecule has 0 radical (unpaired) electrons. The highest BCUT2D eigenvalue weighted by Gasteiger charge is 2.18. The smallest absolute Gasteiger partial charge is 0.228 e. The lowest BCUT2D eigenvalue weighted by Crippen LogP contribution is -2.00. The van der Waals surface area contributed by atoms with E-state index in [0.717, 1.165) is 88.1 Å². The Hall–Kier alpha value is -7.44. The summed E-state index contributed by atoms with van der Waals surface area (Å²) in [5, 5.41) is 6.50. The number of hydrogen-bond donors (Lipinski definition) is 0. The number of aromatic nitrogens is 4. The summed E-state index contributed by atoms with van der Waals surface area (Å²) in [6, 6.07) is 57.6. The number of rotatable bonds is 5. The van der Waals surface area contributed by atoms with E-state index >= 15 is 0 Å². The van der Waals surface area contributed by atoms with Gasteiger partial charge in [0.2, 0.25) is 5.71 Å². The van der Waals surface area contributed by atoms with Gasteiger partial charge in [-0.1, -0.05) is 152 Å². The van der Waals surface area contributed by atoms with Gasteiger partial charge in [0.25, 0.3) is 0 Å². The third-order valence-electron chi connectivity index (χ3n) is 10.2. The summed E-state index contributed by atoms with van der Waals surface area (Å²) in [6.45, 7) is 0. The van der Waals surface area contributed by atoms with Crippen LogP contribution in [0.5, 0.6) is 0 Å². The van der Waals surface area contributed by atoms with E-state index in [0.29, 0.717) is 23.2 Å². The molecule has 11 aromatic rings. The first-order chi connectivity index (χ1) is 26.7. The lowest BCUT2D eigenvalue weighted by molar-refractivity contribution is 0.655. The SMILES string of the molecule is c1ccc(-c2nc(-c3ccc(-c4nc5oc6ccccc6c5c5ccccc45)cc3)nc(-c3ccc(-c4cccc5oc6ccccc6c45)cc3)n2)cc1. The van der Waals surface area contributed by atoms with Crippen LogP contribution in [0, 0.1) is 0 Å². The van der Waals surface area contributed by atoms with Crippen molar-refractivity contribution >= 4 is 54.8 Å². The number of nitrogens with zero attached hydrogens (tertiary/aromatic N) is 4. The number of pyridine rings is 1. The minimum Gasteiger partial charge on any atom is -0.456 e. The van der Waals surface area contributed by atoms with Gasteiger partial charge < -0.3 is 8.83 Å². The fraction of sp³-hybridized carbons (Fsp3) is 0. The maximum atomic E-state index is 6.25. The first-order valence-electron chi connectivity index (χ1n) is 17.9. The standard InChI is InChI=1S/C48H28N4O2/c1-2-11-31(12-3-1)45-50-46(32-25-21-29(22-26-32)34-17-10-20-41-42(34)37-15-6-8-18-39(37)53-41)52-47(51-45)33-27-23-30(24-28-33)44-36-14-5-4-13-35(36)43-38-16-7-9-19-40(38)54-48(43)49-44/h1-28H. The Morgan fingerprint density at radius 2 is 0.778 bits per heavy atom. The molecule has 0 aliphatic heterocycles. The molecule has 0 unspecified atom stereocenters. The fourth-order valence-corrected chi connectivity index (χ4v) is 7.60. The van der Waals surface area contributed by atoms with Crippen LogP contribution in [0.1, 0.15) is 0 Å². The molecule has 0 saturated heterocycles. The maximum absolute atomic E-state index is 6.25. The Kier molecular flexibility index (Phi) is 6.75. The maximum Gasteiger partial charge on any atom is 0.228 e. The van der Waals surface area contributed by atoms with Gasteiger partial charge in [0.15, 0.2) is 17.5 Å². The first-order valence-corrected chi connectivity index (χ1v) is 17.9. The first kappa shape index (κ1) is 30.2. The average molecular weight is 693 g/mol. The van der Waals surface area contributed by atoms with Crippen molar-refractivity contribution in [1.29, 1.82) is 0 Å². The highest BCUT2D eigenvalue weighted by Crippen LogP contribution is 2.39. The molecule has 0 aliphatic carbocycles. The van der Waals surface area contributed by atoms with Crippen molar-refractivity contribution in [3.63, 3.8) is 0 Å². The molecular formula is C48H28N4O2. The molecule has 11 rings (SSSR count). The molecular weight excluding hydrogens is 665 g/mol. The van der Waals surface area contributed by atoms with E-state index in [-0.39, 0.29) is 0 Å². The van der Waals surface area contributed by atoms with Gasteiger partial charge >= 0.3 is 0 Å². The van der Waals surface area contributed by atoms with Gasteiger partial charge in [0.1, 0.15) is 16.7 Å². The molecule has 54 heavy (non-hydrogen) atoms. The molecule has 0 atom stereocenters. The van der Waals surface area contributed by atoms with Gasteiger partial charge in [0, 0.05) is 43.8 Å². The lowest BCUT2D eigenvalue weighted by atomic mass is 9.98. The van der Waals surface area contributed by atoms with Crippen molar-refractivity contribution in [3.8, 4) is 56.5 Å². The van der Waals surface area contributed by atoms with Crippen LogP contribution in [-0.2, 0) is 0 Å². The zero-order valence-electron chi connectivity index (χ0n) is 28.8. The summed E-state index contributed by atoms with van der Waals surface area (Å²) in [6.07, 6.45) is 0. The highest BCUT2D eigenvalue weighted by atomic mass is 16.3. The lowest BCUT2D eigenvalue weighted by Gasteiger charge is -2.11. The number of furan rings is 2. The average Bonchev–Trinajstić information content (AvgIpc) is 3.82. The molecule has 0 saturated carbocycles. The Labute approximate surface area is 309 Å². The summed E-state index contributed by atoms with van der Waals surface area (Å²) < 4.78 is 12.4. The molecule has 0 spiro atoms. The number of para-hydroxylation sites is 2. The number of benzene rings is 7. The molecule has 0 amide bonds. The third-order valence-corrected chi connectivity index (χ3v) is 10.2. The third kappa shape index (κ3) is 4.89. The minimum atomic E-state index is 0.592. The van der Waals surface area contributed by atoms with Gasteiger partial charge in [0.05, 0.1) is 11.1 Å². The monoisotopic (exact) mass is 692 g/mol. The molecule has 0 bridgehead atoms. The van der Waals surface area contributed by atoms with Gasteiger partial charge in [-0.05, 0) is 34.7 Å². The van der Waals surface area contributed by atoms with Crippen LogP contribution in [0.3, 0.4) is 0 Å².